The monoisotopic (exact) mass is 437 g/mol. The van der Waals surface area contributed by atoms with Gasteiger partial charge in [-0.2, -0.15) is 0 Å². The van der Waals surface area contributed by atoms with Gasteiger partial charge < -0.3 is 9.88 Å². The fraction of sp³-hybridized carbons (Fsp3) is 0.611. The fourth-order valence-corrected chi connectivity index (χ4v) is 4.75. The van der Waals surface area contributed by atoms with Crippen molar-refractivity contribution >= 4 is 39.4 Å². The van der Waals surface area contributed by atoms with Gasteiger partial charge in [-0.05, 0) is 19.8 Å². The lowest BCUT2D eigenvalue weighted by molar-refractivity contribution is 0.613. The summed E-state index contributed by atoms with van der Waals surface area (Å²) in [5.74, 6) is 1.30. The first-order valence-corrected chi connectivity index (χ1v) is 11.8. The van der Waals surface area contributed by atoms with Crippen LogP contribution in [0.15, 0.2) is 13.9 Å². The van der Waals surface area contributed by atoms with Crippen molar-refractivity contribution in [1.82, 2.24) is 29.3 Å². The number of anilines is 1. The van der Waals surface area contributed by atoms with Gasteiger partial charge in [-0.25, -0.2) is 9.78 Å². The molecule has 29 heavy (non-hydrogen) atoms. The number of nitrogens with one attached hydrogen (secondary N) is 2. The van der Waals surface area contributed by atoms with E-state index in [0.717, 1.165) is 47.5 Å². The van der Waals surface area contributed by atoms with Gasteiger partial charge in [-0.15, -0.1) is 10.2 Å². The molecular weight excluding hydrogens is 410 g/mol. The maximum absolute atomic E-state index is 12.5. The van der Waals surface area contributed by atoms with Crippen LogP contribution in [0.25, 0.3) is 11.2 Å². The molecule has 158 valence electrons. The third kappa shape index (κ3) is 4.89. The van der Waals surface area contributed by atoms with Gasteiger partial charge in [0.25, 0.3) is 5.56 Å². The highest BCUT2D eigenvalue weighted by Crippen LogP contribution is 2.28. The molecular formula is C18H27N7O2S2. The first-order chi connectivity index (χ1) is 14.1. The van der Waals surface area contributed by atoms with Gasteiger partial charge in [0.15, 0.2) is 15.5 Å². The molecule has 0 fully saturated rings. The summed E-state index contributed by atoms with van der Waals surface area (Å²) < 4.78 is 4.29. The molecule has 0 unspecified atom stereocenters. The first kappa shape index (κ1) is 21.6. The average Bonchev–Trinajstić information content (AvgIpc) is 3.30. The topological polar surface area (TPSA) is 110 Å². The summed E-state index contributed by atoms with van der Waals surface area (Å²) in [7, 11) is 0. The third-order valence-electron chi connectivity index (χ3n) is 4.55. The number of fused-ring (bicyclic) bond motifs is 1. The Hall–Kier alpha value is -2.14. The van der Waals surface area contributed by atoms with Crippen LogP contribution < -0.4 is 16.6 Å². The molecule has 11 heteroatoms. The molecule has 0 aliphatic heterocycles. The van der Waals surface area contributed by atoms with Crippen LogP contribution in [0.5, 0.6) is 0 Å². The van der Waals surface area contributed by atoms with Gasteiger partial charge in [0, 0.05) is 19.6 Å². The molecule has 0 aliphatic carbocycles. The fourth-order valence-electron chi connectivity index (χ4n) is 3.03. The number of aromatic amines is 1. The van der Waals surface area contributed by atoms with Gasteiger partial charge in [-0.1, -0.05) is 49.8 Å². The zero-order chi connectivity index (χ0) is 20.8. The van der Waals surface area contributed by atoms with E-state index in [1.165, 1.54) is 23.1 Å². The van der Waals surface area contributed by atoms with E-state index in [1.807, 2.05) is 11.5 Å². The van der Waals surface area contributed by atoms with E-state index in [-0.39, 0.29) is 5.56 Å². The smallest absolute Gasteiger partial charge is 0.330 e. The Kier molecular flexibility index (Phi) is 7.48. The summed E-state index contributed by atoms with van der Waals surface area (Å²) in [4.78, 5) is 31.8. The maximum Gasteiger partial charge on any atom is 0.330 e. The quantitative estimate of drug-likeness (QED) is 0.350. The average molecular weight is 438 g/mol. The van der Waals surface area contributed by atoms with Gasteiger partial charge in [0.2, 0.25) is 5.13 Å². The minimum Gasteiger partial charge on any atom is -0.360 e. The second kappa shape index (κ2) is 10.1. The van der Waals surface area contributed by atoms with E-state index in [0.29, 0.717) is 30.0 Å². The van der Waals surface area contributed by atoms with Crippen molar-refractivity contribution in [3.05, 3.63) is 26.7 Å². The number of nitrogens with zero attached hydrogens (tertiary/aromatic N) is 5. The van der Waals surface area contributed by atoms with Gasteiger partial charge >= 0.3 is 5.69 Å². The minimum atomic E-state index is -0.400. The number of aryl methyl sites for hydroxylation is 2. The zero-order valence-corrected chi connectivity index (χ0v) is 18.7. The van der Waals surface area contributed by atoms with Crippen molar-refractivity contribution in [3.63, 3.8) is 0 Å². The molecule has 3 heterocycles. The molecule has 0 aliphatic rings. The summed E-state index contributed by atoms with van der Waals surface area (Å²) >= 11 is 3.05. The summed E-state index contributed by atoms with van der Waals surface area (Å²) in [6.07, 6.45) is 4.03. The number of hydrogen-bond acceptors (Lipinski definition) is 8. The van der Waals surface area contributed by atoms with Crippen LogP contribution in [0.3, 0.4) is 0 Å². The van der Waals surface area contributed by atoms with Crippen LogP contribution in [0.4, 0.5) is 5.13 Å². The van der Waals surface area contributed by atoms with Crippen LogP contribution in [0.1, 0.15) is 52.3 Å². The number of unbranched alkanes of at least 4 members (excludes halogenated alkanes) is 2. The molecule has 0 spiro atoms. The standard InChI is InChI=1S/C18H27N7O2S2/c1-4-7-9-19-16-22-23-18(29-16)28-11-12-20-14-13(24(12)6-3)15(26)21-17(27)25(14)10-8-5-2/h4-11H2,1-3H3,(H,19,22)(H,21,26,27). The lowest BCUT2D eigenvalue weighted by Gasteiger charge is -2.06. The van der Waals surface area contributed by atoms with Crippen molar-refractivity contribution < 1.29 is 0 Å². The highest BCUT2D eigenvalue weighted by atomic mass is 32.2. The second-order valence-electron chi connectivity index (χ2n) is 6.65. The first-order valence-electron chi connectivity index (χ1n) is 10.0. The number of rotatable bonds is 11. The van der Waals surface area contributed by atoms with Gasteiger partial charge in [0.05, 0.1) is 5.75 Å². The predicted octanol–water partition coefficient (Wildman–Crippen LogP) is 3.06. The SMILES string of the molecule is CCCCNc1nnc(SCc2nc3c(c(=O)[nH]c(=O)n3CCCC)n2CC)s1. The Balaban J connectivity index is 1.85. The van der Waals surface area contributed by atoms with E-state index in [9.17, 15) is 9.59 Å². The van der Waals surface area contributed by atoms with Gasteiger partial charge in [-0.3, -0.25) is 14.3 Å². The summed E-state index contributed by atoms with van der Waals surface area (Å²) in [6.45, 7) is 8.21. The molecule has 2 N–H and O–H groups in total. The molecule has 9 nitrogen and oxygen atoms in total. The van der Waals surface area contributed by atoms with Crippen molar-refractivity contribution in [2.24, 2.45) is 0 Å². The van der Waals surface area contributed by atoms with Crippen molar-refractivity contribution in [2.45, 2.75) is 69.6 Å². The van der Waals surface area contributed by atoms with Crippen LogP contribution in [-0.4, -0.2) is 35.8 Å². The highest BCUT2D eigenvalue weighted by molar-refractivity contribution is 8.00. The molecule has 3 aromatic rings. The van der Waals surface area contributed by atoms with Crippen molar-refractivity contribution in [2.75, 3.05) is 11.9 Å². The lowest BCUT2D eigenvalue weighted by atomic mass is 10.3. The Bertz CT molecular complexity index is 1070. The van der Waals surface area contributed by atoms with E-state index >= 15 is 0 Å². The molecule has 3 rings (SSSR count). The Morgan fingerprint density at radius 3 is 2.62 bits per heavy atom. The zero-order valence-electron chi connectivity index (χ0n) is 17.0. The molecule has 0 bridgehead atoms. The van der Waals surface area contributed by atoms with Crippen LogP contribution in [0, 0.1) is 0 Å². The molecule has 0 atom stereocenters. The summed E-state index contributed by atoms with van der Waals surface area (Å²) in [5, 5.41) is 12.5. The minimum absolute atomic E-state index is 0.387. The number of thioether (sulfide) groups is 1. The highest BCUT2D eigenvalue weighted by Gasteiger charge is 2.18. The van der Waals surface area contributed by atoms with Crippen LogP contribution in [0.2, 0.25) is 0 Å². The van der Waals surface area contributed by atoms with Crippen molar-refractivity contribution in [3.8, 4) is 0 Å². The number of imidazole rings is 1. The van der Waals surface area contributed by atoms with Crippen LogP contribution in [-0.2, 0) is 18.8 Å². The number of hydrogen-bond donors (Lipinski definition) is 2. The van der Waals surface area contributed by atoms with E-state index in [2.05, 4.69) is 39.3 Å². The van der Waals surface area contributed by atoms with E-state index in [1.54, 1.807) is 4.57 Å². The normalized spacial score (nSPS) is 11.4. The molecule has 0 radical (unpaired) electrons. The number of H-pyrrole nitrogens is 1. The Morgan fingerprint density at radius 1 is 1.10 bits per heavy atom. The molecule has 0 saturated heterocycles. The Morgan fingerprint density at radius 2 is 1.90 bits per heavy atom. The predicted molar refractivity (Wildman–Crippen MR) is 118 cm³/mol. The summed E-state index contributed by atoms with van der Waals surface area (Å²) in [6, 6.07) is 0. The molecule has 0 saturated carbocycles. The van der Waals surface area contributed by atoms with E-state index < -0.39 is 5.69 Å². The van der Waals surface area contributed by atoms with Crippen LogP contribution >= 0.6 is 23.1 Å². The van der Waals surface area contributed by atoms with Gasteiger partial charge in [0.1, 0.15) is 5.82 Å². The largest absolute Gasteiger partial charge is 0.360 e. The Labute approximate surface area is 177 Å². The summed E-state index contributed by atoms with van der Waals surface area (Å²) in [5.41, 5.74) is 0.131. The molecule has 0 aromatic carbocycles. The molecule has 0 amide bonds. The lowest BCUT2D eigenvalue weighted by Crippen LogP contribution is -2.31. The second-order valence-corrected chi connectivity index (χ2v) is 8.85. The maximum atomic E-state index is 12.5. The van der Waals surface area contributed by atoms with E-state index in [4.69, 9.17) is 0 Å². The van der Waals surface area contributed by atoms with Crippen molar-refractivity contribution in [1.29, 1.82) is 0 Å². The number of aromatic nitrogens is 6. The molecule has 3 aromatic heterocycles. The third-order valence-corrected chi connectivity index (χ3v) is 6.56.